The fraction of sp³-hybridized carbons (Fsp3) is 0.250. The lowest BCUT2D eigenvalue weighted by Gasteiger charge is -2.16. The van der Waals surface area contributed by atoms with Gasteiger partial charge in [0.1, 0.15) is 11.6 Å². The number of pyridine rings is 1. The zero-order chi connectivity index (χ0) is 17.3. The van der Waals surface area contributed by atoms with Gasteiger partial charge in [0.2, 0.25) is 6.41 Å². The van der Waals surface area contributed by atoms with Crippen molar-refractivity contribution in [2.45, 2.75) is 0 Å². The molecule has 3 aromatic rings. The predicted molar refractivity (Wildman–Crippen MR) is 94.4 cm³/mol. The van der Waals surface area contributed by atoms with Crippen LogP contribution >= 0.6 is 11.3 Å². The van der Waals surface area contributed by atoms with Gasteiger partial charge in [-0.1, -0.05) is 11.3 Å². The molecule has 0 spiro atoms. The highest BCUT2D eigenvalue weighted by Crippen LogP contribution is 2.32. The Labute approximate surface area is 141 Å². The standard InChI is InChI=1S/C16H15N5O2S/c1-20(2)5-6-21(9-22)16-19-14-11-7-10(8-17)15(23)18-12(11)3-4-13(14)24-16/h3-4,7,9H,5-6H2,1-2H3,(H,18,23). The number of amides is 1. The van der Waals surface area contributed by atoms with Crippen LogP contribution in [-0.4, -0.2) is 48.5 Å². The first-order chi connectivity index (χ1) is 11.5. The van der Waals surface area contributed by atoms with Crippen molar-refractivity contribution < 1.29 is 4.79 Å². The first-order valence-electron chi connectivity index (χ1n) is 7.27. The van der Waals surface area contributed by atoms with Crippen molar-refractivity contribution in [2.75, 3.05) is 32.1 Å². The van der Waals surface area contributed by atoms with Crippen LogP contribution in [0.5, 0.6) is 0 Å². The molecule has 1 N–H and O–H groups in total. The molecule has 0 aliphatic rings. The van der Waals surface area contributed by atoms with E-state index < -0.39 is 5.56 Å². The van der Waals surface area contributed by atoms with Gasteiger partial charge < -0.3 is 9.88 Å². The number of nitriles is 1. The van der Waals surface area contributed by atoms with E-state index in [1.165, 1.54) is 11.3 Å². The van der Waals surface area contributed by atoms with Crippen molar-refractivity contribution in [3.63, 3.8) is 0 Å². The van der Waals surface area contributed by atoms with Crippen LogP contribution in [0, 0.1) is 11.3 Å². The Kier molecular flexibility index (Phi) is 4.29. The van der Waals surface area contributed by atoms with E-state index in [1.807, 2.05) is 31.1 Å². The lowest BCUT2D eigenvalue weighted by molar-refractivity contribution is -0.107. The minimum atomic E-state index is -0.416. The summed E-state index contributed by atoms with van der Waals surface area (Å²) in [6.07, 6.45) is 0.770. The van der Waals surface area contributed by atoms with Crippen molar-refractivity contribution in [3.05, 3.63) is 34.1 Å². The number of anilines is 1. The third kappa shape index (κ3) is 2.87. The molecule has 0 fully saturated rings. The molecule has 0 saturated carbocycles. The molecule has 122 valence electrons. The molecule has 0 bridgehead atoms. The molecule has 0 unspecified atom stereocenters. The number of rotatable bonds is 5. The van der Waals surface area contributed by atoms with E-state index in [0.29, 0.717) is 28.1 Å². The number of fused-ring (bicyclic) bond motifs is 3. The summed E-state index contributed by atoms with van der Waals surface area (Å²) in [5.41, 5.74) is 0.927. The van der Waals surface area contributed by atoms with Crippen LogP contribution < -0.4 is 10.5 Å². The maximum atomic E-state index is 11.8. The number of H-pyrrole nitrogens is 1. The minimum Gasteiger partial charge on any atom is -0.321 e. The molecule has 1 amide bonds. The Morgan fingerprint density at radius 2 is 2.17 bits per heavy atom. The fourth-order valence-electron chi connectivity index (χ4n) is 2.36. The minimum absolute atomic E-state index is 0.0457. The average Bonchev–Trinajstić information content (AvgIpc) is 2.98. The summed E-state index contributed by atoms with van der Waals surface area (Å²) in [6.45, 7) is 1.26. The number of carbonyl (C=O) groups is 1. The number of benzene rings is 1. The summed E-state index contributed by atoms with van der Waals surface area (Å²) in [5, 5.41) is 10.4. The van der Waals surface area contributed by atoms with Crippen LogP contribution in [0.4, 0.5) is 5.13 Å². The quantitative estimate of drug-likeness (QED) is 0.711. The number of nitrogens with zero attached hydrogens (tertiary/aromatic N) is 4. The largest absolute Gasteiger partial charge is 0.321 e. The van der Waals surface area contributed by atoms with Crippen molar-refractivity contribution in [1.82, 2.24) is 14.9 Å². The molecule has 0 radical (unpaired) electrons. The lowest BCUT2D eigenvalue weighted by Crippen LogP contribution is -2.30. The number of aromatic nitrogens is 2. The SMILES string of the molecule is CN(C)CCN(C=O)c1nc2c(ccc3[nH]c(=O)c(C#N)cc32)s1. The number of thiazole rings is 1. The van der Waals surface area contributed by atoms with E-state index in [1.54, 1.807) is 17.0 Å². The molecular formula is C16H15N5O2S. The molecule has 2 heterocycles. The van der Waals surface area contributed by atoms with Gasteiger partial charge in [0.25, 0.3) is 5.56 Å². The van der Waals surface area contributed by atoms with E-state index >= 15 is 0 Å². The molecule has 24 heavy (non-hydrogen) atoms. The van der Waals surface area contributed by atoms with Gasteiger partial charge in [-0.3, -0.25) is 14.5 Å². The molecule has 1 aromatic carbocycles. The molecule has 0 aliphatic heterocycles. The van der Waals surface area contributed by atoms with Gasteiger partial charge in [0.05, 0.1) is 15.7 Å². The van der Waals surface area contributed by atoms with Crippen LogP contribution in [-0.2, 0) is 4.79 Å². The van der Waals surface area contributed by atoms with Crippen LogP contribution in [0.1, 0.15) is 5.56 Å². The third-order valence-corrected chi connectivity index (χ3v) is 4.71. The van der Waals surface area contributed by atoms with Gasteiger partial charge in [-0.25, -0.2) is 4.98 Å². The van der Waals surface area contributed by atoms with Gasteiger partial charge in [0, 0.05) is 18.5 Å². The molecule has 8 heteroatoms. The summed E-state index contributed by atoms with van der Waals surface area (Å²) >= 11 is 1.40. The molecule has 7 nitrogen and oxygen atoms in total. The topological polar surface area (TPSA) is 93.1 Å². The number of hydrogen-bond acceptors (Lipinski definition) is 6. The summed E-state index contributed by atoms with van der Waals surface area (Å²) in [5.74, 6) is 0. The second kappa shape index (κ2) is 6.39. The molecule has 0 saturated heterocycles. The molecule has 3 rings (SSSR count). The number of carbonyl (C=O) groups excluding carboxylic acids is 1. The summed E-state index contributed by atoms with van der Waals surface area (Å²) in [6, 6.07) is 7.07. The average molecular weight is 341 g/mol. The van der Waals surface area contributed by atoms with E-state index in [0.717, 1.165) is 17.7 Å². The Morgan fingerprint density at radius 3 is 2.83 bits per heavy atom. The molecular weight excluding hydrogens is 326 g/mol. The van der Waals surface area contributed by atoms with E-state index in [9.17, 15) is 9.59 Å². The van der Waals surface area contributed by atoms with E-state index in [-0.39, 0.29) is 5.56 Å². The first-order valence-corrected chi connectivity index (χ1v) is 8.08. The number of likely N-dealkylation sites (N-methyl/N-ethyl adjacent to an activating group) is 1. The number of nitrogens with one attached hydrogen (secondary N) is 1. The summed E-state index contributed by atoms with van der Waals surface area (Å²) in [7, 11) is 3.88. The van der Waals surface area contributed by atoms with E-state index in [4.69, 9.17) is 5.26 Å². The maximum Gasteiger partial charge on any atom is 0.266 e. The Balaban J connectivity index is 2.13. The second-order valence-corrected chi connectivity index (χ2v) is 6.61. The highest BCUT2D eigenvalue weighted by molar-refractivity contribution is 7.22. The molecule has 0 atom stereocenters. The van der Waals surface area contributed by atoms with Crippen LogP contribution in [0.2, 0.25) is 0 Å². The smallest absolute Gasteiger partial charge is 0.266 e. The maximum absolute atomic E-state index is 11.8. The highest BCUT2D eigenvalue weighted by atomic mass is 32.1. The van der Waals surface area contributed by atoms with Crippen molar-refractivity contribution in [1.29, 1.82) is 5.26 Å². The lowest BCUT2D eigenvalue weighted by atomic mass is 10.1. The highest BCUT2D eigenvalue weighted by Gasteiger charge is 2.14. The Hall–Kier alpha value is -2.76. The van der Waals surface area contributed by atoms with Gasteiger partial charge in [-0.05, 0) is 32.3 Å². The van der Waals surface area contributed by atoms with Crippen molar-refractivity contribution >= 4 is 44.0 Å². The zero-order valence-electron chi connectivity index (χ0n) is 13.2. The van der Waals surface area contributed by atoms with Crippen molar-refractivity contribution in [2.24, 2.45) is 0 Å². The third-order valence-electron chi connectivity index (χ3n) is 3.65. The van der Waals surface area contributed by atoms with E-state index in [2.05, 4.69) is 9.97 Å². The first kappa shape index (κ1) is 16.1. The number of hydrogen-bond donors (Lipinski definition) is 1. The van der Waals surface area contributed by atoms with Crippen molar-refractivity contribution in [3.8, 4) is 6.07 Å². The monoisotopic (exact) mass is 341 g/mol. The predicted octanol–water partition coefficient (Wildman–Crippen LogP) is 1.53. The van der Waals surface area contributed by atoms with Gasteiger partial charge in [-0.2, -0.15) is 5.26 Å². The van der Waals surface area contributed by atoms with Gasteiger partial charge in [0.15, 0.2) is 5.13 Å². The second-order valence-electron chi connectivity index (χ2n) is 5.60. The van der Waals surface area contributed by atoms with Crippen LogP contribution in [0.25, 0.3) is 21.1 Å². The van der Waals surface area contributed by atoms with Gasteiger partial charge >= 0.3 is 0 Å². The van der Waals surface area contributed by atoms with Crippen LogP contribution in [0.15, 0.2) is 23.0 Å². The Bertz CT molecular complexity index is 1010. The Morgan fingerprint density at radius 1 is 1.38 bits per heavy atom. The van der Waals surface area contributed by atoms with Gasteiger partial charge in [-0.15, -0.1) is 0 Å². The molecule has 0 aliphatic carbocycles. The zero-order valence-corrected chi connectivity index (χ0v) is 14.1. The fourth-order valence-corrected chi connectivity index (χ4v) is 3.34. The molecule has 2 aromatic heterocycles. The normalized spacial score (nSPS) is 11.1. The van der Waals surface area contributed by atoms with Crippen LogP contribution in [0.3, 0.4) is 0 Å². The summed E-state index contributed by atoms with van der Waals surface area (Å²) in [4.78, 5) is 33.9. The summed E-state index contributed by atoms with van der Waals surface area (Å²) < 4.78 is 0.894. The number of aromatic amines is 1.